The van der Waals surface area contributed by atoms with Crippen LogP contribution in [0, 0.1) is 52.3 Å². The van der Waals surface area contributed by atoms with E-state index in [4.69, 9.17) is 11.6 Å². The Bertz CT molecular complexity index is 788. The summed E-state index contributed by atoms with van der Waals surface area (Å²) < 4.78 is 0. The second-order valence-corrected chi connectivity index (χ2v) is 16.0. The maximum Gasteiger partial charge on any atom is 0.207 e. The molecule has 0 heterocycles. The number of carbonyl (C=O) groups is 1. The van der Waals surface area contributed by atoms with E-state index in [1.165, 1.54) is 64.2 Å². The van der Waals surface area contributed by atoms with Gasteiger partial charge in [-0.25, -0.2) is 0 Å². The molecule has 4 aliphatic rings. The summed E-state index contributed by atoms with van der Waals surface area (Å²) in [6.45, 7) is 16.7. The third-order valence-corrected chi connectivity index (χ3v) is 13.4. The fourth-order valence-corrected chi connectivity index (χ4v) is 10.6. The quantitative estimate of drug-likeness (QED) is 0.234. The van der Waals surface area contributed by atoms with Crippen LogP contribution in [0.15, 0.2) is 11.6 Å². The van der Waals surface area contributed by atoms with Crippen molar-refractivity contribution < 1.29 is 4.79 Å². The summed E-state index contributed by atoms with van der Waals surface area (Å²) in [5.41, 5.74) is 2.61. The molecule has 4 aliphatic carbocycles. The number of halogens is 1. The van der Waals surface area contributed by atoms with Gasteiger partial charge in [-0.05, 0) is 104 Å². The maximum atomic E-state index is 12.7. The molecule has 4 rings (SSSR count). The molecule has 0 aromatic carbocycles. The van der Waals surface area contributed by atoms with E-state index in [1.807, 2.05) is 0 Å². The van der Waals surface area contributed by atoms with Crippen LogP contribution in [-0.4, -0.2) is 15.7 Å². The Labute approximate surface area is 226 Å². The second kappa shape index (κ2) is 11.0. The van der Waals surface area contributed by atoms with Gasteiger partial charge in [0.05, 0.1) is 0 Å². The minimum absolute atomic E-state index is 0.192. The van der Waals surface area contributed by atoms with Gasteiger partial charge in [0.15, 0.2) is 0 Å². The molecule has 0 aliphatic heterocycles. The van der Waals surface area contributed by atoms with Crippen molar-refractivity contribution in [2.75, 3.05) is 0 Å². The first-order valence-corrected chi connectivity index (χ1v) is 16.3. The minimum Gasteiger partial charge on any atom is -0.286 e. The van der Waals surface area contributed by atoms with E-state index in [1.54, 1.807) is 17.3 Å². The molecule has 3 heteroatoms. The monoisotopic (exact) mass is 520 g/mol. The second-order valence-electron chi connectivity index (χ2n) is 14.2. The lowest BCUT2D eigenvalue weighted by molar-refractivity contribution is -0.111. The number of fused-ring (bicyclic) bond motifs is 5. The molecule has 3 fully saturated rings. The summed E-state index contributed by atoms with van der Waals surface area (Å²) in [5, 5.41) is 0.268. The first-order chi connectivity index (χ1) is 16.5. The molecule has 0 radical (unpaired) electrons. The van der Waals surface area contributed by atoms with Crippen molar-refractivity contribution in [1.29, 1.82) is 0 Å². The fourth-order valence-electron chi connectivity index (χ4n) is 9.25. The van der Waals surface area contributed by atoms with Crippen molar-refractivity contribution in [2.45, 2.75) is 130 Å². The maximum absolute atomic E-state index is 12.7. The van der Waals surface area contributed by atoms with Crippen molar-refractivity contribution in [3.63, 3.8) is 0 Å². The Kier molecular flexibility index (Phi) is 8.85. The highest BCUT2D eigenvalue weighted by atomic mass is 35.5. The zero-order valence-corrected chi connectivity index (χ0v) is 25.3. The summed E-state index contributed by atoms with van der Waals surface area (Å²) in [7, 11) is 0. The summed E-state index contributed by atoms with van der Waals surface area (Å²) in [5.74, 6) is 5.53. The number of thioether (sulfide) groups is 1. The van der Waals surface area contributed by atoms with Crippen molar-refractivity contribution in [1.82, 2.24) is 0 Å². The average molecular weight is 521 g/mol. The topological polar surface area (TPSA) is 17.1 Å². The molecule has 0 spiro atoms. The zero-order chi connectivity index (χ0) is 25.5. The van der Waals surface area contributed by atoms with Crippen LogP contribution in [0.1, 0.15) is 119 Å². The SMILES string of the molecule is CC(C)CCC[C@@H](C)[C@H]1CC[C@H]2[C@@H]3CC=C4C[C@@H](SC(=O)[C@@H](Cl)C(C)C)CC[C@]4(C)[C@H]3CC[C@]12C. The highest BCUT2D eigenvalue weighted by Crippen LogP contribution is 2.67. The number of rotatable bonds is 8. The van der Waals surface area contributed by atoms with E-state index < -0.39 is 0 Å². The van der Waals surface area contributed by atoms with Crippen LogP contribution in [0.5, 0.6) is 0 Å². The summed E-state index contributed by atoms with van der Waals surface area (Å²) in [4.78, 5) is 12.7. The van der Waals surface area contributed by atoms with Gasteiger partial charge in [-0.15, -0.1) is 11.6 Å². The summed E-state index contributed by atoms with van der Waals surface area (Å²) in [6.07, 6.45) is 17.5. The largest absolute Gasteiger partial charge is 0.286 e. The van der Waals surface area contributed by atoms with Crippen LogP contribution in [0.2, 0.25) is 0 Å². The Balaban J connectivity index is 1.43. The van der Waals surface area contributed by atoms with Gasteiger partial charge in [0, 0.05) is 5.25 Å². The third kappa shape index (κ3) is 5.46. The van der Waals surface area contributed by atoms with Crippen molar-refractivity contribution in [3.8, 4) is 0 Å². The molecule has 0 saturated heterocycles. The fraction of sp³-hybridized carbons (Fsp3) is 0.906. The lowest BCUT2D eigenvalue weighted by atomic mass is 9.47. The molecule has 0 aromatic heterocycles. The van der Waals surface area contributed by atoms with Gasteiger partial charge in [0.2, 0.25) is 5.12 Å². The molecule has 0 N–H and O–H groups in total. The molecule has 3 saturated carbocycles. The van der Waals surface area contributed by atoms with E-state index in [0.717, 1.165) is 41.9 Å². The molecule has 0 unspecified atom stereocenters. The molecule has 1 nitrogen and oxygen atoms in total. The summed E-state index contributed by atoms with van der Waals surface area (Å²) in [6, 6.07) is 0. The number of carbonyl (C=O) groups excluding carboxylic acids is 1. The summed E-state index contributed by atoms with van der Waals surface area (Å²) >= 11 is 7.95. The molecule has 0 bridgehead atoms. The Morgan fingerprint density at radius 2 is 1.77 bits per heavy atom. The van der Waals surface area contributed by atoms with Crippen LogP contribution >= 0.6 is 23.4 Å². The molecular weight excluding hydrogens is 468 g/mol. The lowest BCUT2D eigenvalue weighted by Gasteiger charge is -2.58. The van der Waals surface area contributed by atoms with E-state index in [2.05, 4.69) is 54.5 Å². The molecule has 0 amide bonds. The van der Waals surface area contributed by atoms with Gasteiger partial charge in [0.1, 0.15) is 5.38 Å². The van der Waals surface area contributed by atoms with Crippen molar-refractivity contribution >= 4 is 28.5 Å². The lowest BCUT2D eigenvalue weighted by Crippen LogP contribution is -2.50. The van der Waals surface area contributed by atoms with Crippen molar-refractivity contribution in [3.05, 3.63) is 11.6 Å². The van der Waals surface area contributed by atoms with E-state index >= 15 is 0 Å². The number of hydrogen-bond acceptors (Lipinski definition) is 2. The Morgan fingerprint density at radius 1 is 1.03 bits per heavy atom. The highest BCUT2D eigenvalue weighted by molar-refractivity contribution is 8.14. The van der Waals surface area contributed by atoms with Crippen LogP contribution in [0.25, 0.3) is 0 Å². The van der Waals surface area contributed by atoms with Gasteiger partial charge < -0.3 is 0 Å². The molecular formula is C32H53ClOS. The number of hydrogen-bond donors (Lipinski definition) is 0. The minimum atomic E-state index is -0.350. The average Bonchev–Trinajstić information content (AvgIpc) is 3.15. The predicted octanol–water partition coefficient (Wildman–Crippen LogP) is 9.92. The van der Waals surface area contributed by atoms with E-state index in [9.17, 15) is 4.79 Å². The van der Waals surface area contributed by atoms with Crippen LogP contribution in [0.3, 0.4) is 0 Å². The van der Waals surface area contributed by atoms with Gasteiger partial charge in [-0.2, -0.15) is 0 Å². The first kappa shape index (κ1) is 28.1. The van der Waals surface area contributed by atoms with Crippen LogP contribution in [-0.2, 0) is 4.79 Å². The highest BCUT2D eigenvalue weighted by Gasteiger charge is 2.59. The van der Waals surface area contributed by atoms with Gasteiger partial charge in [0.25, 0.3) is 0 Å². The first-order valence-electron chi connectivity index (χ1n) is 15.0. The number of alkyl halides is 1. The van der Waals surface area contributed by atoms with Gasteiger partial charge >= 0.3 is 0 Å². The zero-order valence-electron chi connectivity index (χ0n) is 23.7. The normalized spacial score (nSPS) is 40.6. The molecule has 0 aromatic rings. The smallest absolute Gasteiger partial charge is 0.207 e. The molecule has 200 valence electrons. The van der Waals surface area contributed by atoms with Crippen LogP contribution < -0.4 is 0 Å². The van der Waals surface area contributed by atoms with Crippen LogP contribution in [0.4, 0.5) is 0 Å². The Morgan fingerprint density at radius 3 is 2.46 bits per heavy atom. The van der Waals surface area contributed by atoms with Gasteiger partial charge in [-0.3, -0.25) is 4.79 Å². The van der Waals surface area contributed by atoms with E-state index in [-0.39, 0.29) is 16.4 Å². The molecule has 35 heavy (non-hydrogen) atoms. The third-order valence-electron chi connectivity index (χ3n) is 11.4. The number of allylic oxidation sites excluding steroid dienone is 2. The van der Waals surface area contributed by atoms with Gasteiger partial charge in [-0.1, -0.05) is 91.1 Å². The Hall–Kier alpha value is 0.0500. The predicted molar refractivity (Wildman–Crippen MR) is 154 cm³/mol. The molecule has 9 atom stereocenters. The van der Waals surface area contributed by atoms with Crippen molar-refractivity contribution in [2.24, 2.45) is 52.3 Å². The standard InChI is InChI=1S/C32H53ClOS/c1-20(2)9-8-10-22(5)26-13-14-27-25-12-11-23-19-24(35-30(34)29(33)21(3)4)15-17-31(23,6)28(25)16-18-32(26,27)7/h11,20-22,24-29H,8-10,12-19H2,1-7H3/t22-,24+,25+,26-,27+,28+,29+,31+,32-/m1/s1. The van der Waals surface area contributed by atoms with E-state index in [0.29, 0.717) is 16.1 Å².